The summed E-state index contributed by atoms with van der Waals surface area (Å²) in [7, 11) is 0. The first-order valence-corrected chi connectivity index (χ1v) is 7.94. The van der Waals surface area contributed by atoms with Crippen LogP contribution < -0.4 is 4.90 Å². The Morgan fingerprint density at radius 3 is 2.52 bits per heavy atom. The van der Waals surface area contributed by atoms with Crippen LogP contribution in [0.5, 0.6) is 0 Å². The molecule has 1 saturated heterocycles. The van der Waals surface area contributed by atoms with Crippen molar-refractivity contribution in [1.82, 2.24) is 4.90 Å². The number of amides is 2. The van der Waals surface area contributed by atoms with Crippen LogP contribution in [0.4, 0.5) is 5.69 Å². The summed E-state index contributed by atoms with van der Waals surface area (Å²) in [6, 6.07) is 8.91. The second-order valence-corrected chi connectivity index (χ2v) is 6.04. The standard InChI is InChI=1S/C17H20N2O4/c1-2-18(15(20)12-10-13(12)17(22)23)14-8-9-19(16(14)21)11-6-4-3-5-7-11/h3-7,12-14H,2,8-10H2,1H3,(H,22,23). The van der Waals surface area contributed by atoms with E-state index in [0.29, 0.717) is 25.9 Å². The molecule has 122 valence electrons. The van der Waals surface area contributed by atoms with Crippen molar-refractivity contribution in [1.29, 1.82) is 0 Å². The van der Waals surface area contributed by atoms with E-state index in [9.17, 15) is 14.4 Å². The van der Waals surface area contributed by atoms with E-state index in [1.165, 1.54) is 0 Å². The average molecular weight is 316 g/mol. The summed E-state index contributed by atoms with van der Waals surface area (Å²) in [6.45, 7) is 2.82. The summed E-state index contributed by atoms with van der Waals surface area (Å²) in [5.74, 6) is -2.26. The van der Waals surface area contributed by atoms with Crippen molar-refractivity contribution in [2.45, 2.75) is 25.8 Å². The number of carboxylic acids is 1. The van der Waals surface area contributed by atoms with Gasteiger partial charge in [0.05, 0.1) is 11.8 Å². The molecule has 2 aliphatic rings. The van der Waals surface area contributed by atoms with Crippen LogP contribution in [0.2, 0.25) is 0 Å². The lowest BCUT2D eigenvalue weighted by Gasteiger charge is -2.27. The maximum absolute atomic E-state index is 12.7. The number of para-hydroxylation sites is 1. The summed E-state index contributed by atoms with van der Waals surface area (Å²) in [5, 5.41) is 8.99. The van der Waals surface area contributed by atoms with E-state index in [4.69, 9.17) is 5.11 Å². The summed E-state index contributed by atoms with van der Waals surface area (Å²) in [4.78, 5) is 39.4. The molecule has 6 nitrogen and oxygen atoms in total. The van der Waals surface area contributed by atoms with Crippen LogP contribution >= 0.6 is 0 Å². The Hall–Kier alpha value is -2.37. The van der Waals surface area contributed by atoms with Gasteiger partial charge in [-0.1, -0.05) is 18.2 Å². The average Bonchev–Trinajstić information content (AvgIpc) is 3.28. The van der Waals surface area contributed by atoms with Crippen molar-refractivity contribution in [2.24, 2.45) is 11.8 Å². The topological polar surface area (TPSA) is 77.9 Å². The van der Waals surface area contributed by atoms with Crippen molar-refractivity contribution >= 4 is 23.5 Å². The number of nitrogens with zero attached hydrogens (tertiary/aromatic N) is 2. The number of benzene rings is 1. The lowest BCUT2D eigenvalue weighted by atomic mass is 10.1. The molecular formula is C17H20N2O4. The van der Waals surface area contributed by atoms with Gasteiger partial charge >= 0.3 is 5.97 Å². The van der Waals surface area contributed by atoms with Crippen LogP contribution in [0.15, 0.2) is 30.3 Å². The van der Waals surface area contributed by atoms with Gasteiger partial charge in [-0.3, -0.25) is 14.4 Å². The van der Waals surface area contributed by atoms with Crippen LogP contribution in [0.3, 0.4) is 0 Å². The highest BCUT2D eigenvalue weighted by atomic mass is 16.4. The highest BCUT2D eigenvalue weighted by Crippen LogP contribution is 2.41. The van der Waals surface area contributed by atoms with Gasteiger partial charge in [0.2, 0.25) is 11.8 Å². The lowest BCUT2D eigenvalue weighted by Crippen LogP contribution is -2.46. The minimum absolute atomic E-state index is 0.0843. The Morgan fingerprint density at radius 2 is 1.96 bits per heavy atom. The largest absolute Gasteiger partial charge is 0.481 e. The number of carbonyl (C=O) groups excluding carboxylic acids is 2. The van der Waals surface area contributed by atoms with E-state index in [2.05, 4.69) is 0 Å². The van der Waals surface area contributed by atoms with Crippen molar-refractivity contribution in [3.8, 4) is 0 Å². The van der Waals surface area contributed by atoms with Crippen molar-refractivity contribution < 1.29 is 19.5 Å². The van der Waals surface area contributed by atoms with Gasteiger partial charge in [-0.25, -0.2) is 0 Å². The zero-order valence-corrected chi connectivity index (χ0v) is 13.0. The molecule has 1 aliphatic heterocycles. The van der Waals surface area contributed by atoms with Gasteiger partial charge in [0, 0.05) is 18.8 Å². The van der Waals surface area contributed by atoms with E-state index in [1.54, 1.807) is 9.80 Å². The molecule has 0 radical (unpaired) electrons. The molecule has 6 heteroatoms. The minimum Gasteiger partial charge on any atom is -0.481 e. The maximum atomic E-state index is 12.7. The molecule has 3 atom stereocenters. The molecule has 0 bridgehead atoms. The first-order valence-electron chi connectivity index (χ1n) is 7.94. The smallest absolute Gasteiger partial charge is 0.307 e. The summed E-state index contributed by atoms with van der Waals surface area (Å²) in [5.41, 5.74) is 0.832. The number of hydrogen-bond donors (Lipinski definition) is 1. The predicted octanol–water partition coefficient (Wildman–Crippen LogP) is 1.36. The molecule has 1 aliphatic carbocycles. The Bertz CT molecular complexity index is 631. The fraction of sp³-hybridized carbons (Fsp3) is 0.471. The Balaban J connectivity index is 1.72. The number of anilines is 1. The number of aliphatic carboxylic acids is 1. The number of carbonyl (C=O) groups is 3. The minimum atomic E-state index is -0.928. The summed E-state index contributed by atoms with van der Waals surface area (Å²) >= 11 is 0. The van der Waals surface area contributed by atoms with E-state index >= 15 is 0 Å². The normalized spacial score (nSPS) is 26.2. The van der Waals surface area contributed by atoms with Crippen LogP contribution in [-0.2, 0) is 14.4 Å². The third-order valence-electron chi connectivity index (χ3n) is 4.67. The second-order valence-electron chi connectivity index (χ2n) is 6.04. The van der Waals surface area contributed by atoms with E-state index in [-0.39, 0.29) is 11.8 Å². The molecule has 1 aromatic carbocycles. The second kappa shape index (κ2) is 6.02. The van der Waals surface area contributed by atoms with Crippen LogP contribution in [-0.4, -0.2) is 46.9 Å². The van der Waals surface area contributed by atoms with Gasteiger partial charge in [-0.2, -0.15) is 0 Å². The SMILES string of the molecule is CCN(C(=O)C1CC1C(=O)O)C1CCN(c2ccccc2)C1=O. The van der Waals surface area contributed by atoms with Crippen LogP contribution in [0, 0.1) is 11.8 Å². The van der Waals surface area contributed by atoms with Gasteiger partial charge in [-0.05, 0) is 31.9 Å². The lowest BCUT2D eigenvalue weighted by molar-refractivity contribution is -0.143. The van der Waals surface area contributed by atoms with Crippen LogP contribution in [0.25, 0.3) is 0 Å². The fourth-order valence-electron chi connectivity index (χ4n) is 3.30. The van der Waals surface area contributed by atoms with Crippen molar-refractivity contribution in [2.75, 3.05) is 18.0 Å². The number of likely N-dealkylation sites (N-methyl/N-ethyl adjacent to an activating group) is 1. The van der Waals surface area contributed by atoms with Gasteiger partial charge in [0.15, 0.2) is 0 Å². The molecule has 0 aromatic heterocycles. The van der Waals surface area contributed by atoms with E-state index in [0.717, 1.165) is 5.69 Å². The summed E-state index contributed by atoms with van der Waals surface area (Å²) < 4.78 is 0. The molecule has 1 heterocycles. The predicted molar refractivity (Wildman–Crippen MR) is 83.8 cm³/mol. The molecule has 2 amide bonds. The highest BCUT2D eigenvalue weighted by molar-refractivity contribution is 6.02. The Morgan fingerprint density at radius 1 is 1.26 bits per heavy atom. The van der Waals surface area contributed by atoms with Crippen LogP contribution in [0.1, 0.15) is 19.8 Å². The van der Waals surface area contributed by atoms with Gasteiger partial charge in [0.1, 0.15) is 6.04 Å². The number of hydrogen-bond acceptors (Lipinski definition) is 3. The summed E-state index contributed by atoms with van der Waals surface area (Å²) in [6.07, 6.45) is 0.964. The van der Waals surface area contributed by atoms with Crippen molar-refractivity contribution in [3.05, 3.63) is 30.3 Å². The molecule has 0 spiro atoms. The monoisotopic (exact) mass is 316 g/mol. The zero-order chi connectivity index (χ0) is 16.6. The third kappa shape index (κ3) is 2.81. The first-order chi connectivity index (χ1) is 11.0. The highest BCUT2D eigenvalue weighted by Gasteiger charge is 2.51. The third-order valence-corrected chi connectivity index (χ3v) is 4.67. The zero-order valence-electron chi connectivity index (χ0n) is 13.0. The number of carboxylic acid groups (broad SMARTS) is 1. The fourth-order valence-corrected chi connectivity index (χ4v) is 3.30. The van der Waals surface area contributed by atoms with Gasteiger partial charge in [0.25, 0.3) is 0 Å². The first kappa shape index (κ1) is 15.5. The molecule has 2 fully saturated rings. The number of rotatable bonds is 5. The Labute approximate surface area is 134 Å². The molecule has 23 heavy (non-hydrogen) atoms. The molecule has 1 N–H and O–H groups in total. The molecule has 3 rings (SSSR count). The van der Waals surface area contributed by atoms with Crippen molar-refractivity contribution in [3.63, 3.8) is 0 Å². The molecule has 3 unspecified atom stereocenters. The molecule has 1 saturated carbocycles. The maximum Gasteiger partial charge on any atom is 0.307 e. The van der Waals surface area contributed by atoms with Gasteiger partial charge in [-0.15, -0.1) is 0 Å². The molecule has 1 aromatic rings. The van der Waals surface area contributed by atoms with Gasteiger partial charge < -0.3 is 14.9 Å². The Kier molecular flexibility index (Phi) is 4.07. The van der Waals surface area contributed by atoms with E-state index < -0.39 is 23.8 Å². The molecular weight excluding hydrogens is 296 g/mol. The quantitative estimate of drug-likeness (QED) is 0.890. The van der Waals surface area contributed by atoms with E-state index in [1.807, 2.05) is 37.3 Å².